The van der Waals surface area contributed by atoms with E-state index in [-0.39, 0.29) is 10.9 Å². The van der Waals surface area contributed by atoms with E-state index in [0.717, 1.165) is 38.6 Å². The number of nitrogens with zero attached hydrogens (tertiary/aromatic N) is 2. The van der Waals surface area contributed by atoms with Crippen molar-refractivity contribution in [3.05, 3.63) is 124 Å². The highest BCUT2D eigenvalue weighted by atomic mass is 32.1. The molecule has 0 fully saturated rings. The van der Waals surface area contributed by atoms with E-state index >= 15 is 4.39 Å². The lowest BCUT2D eigenvalue weighted by molar-refractivity contribution is 0.449. The van der Waals surface area contributed by atoms with Gasteiger partial charge in [0.1, 0.15) is 11.6 Å². The van der Waals surface area contributed by atoms with Crippen LogP contribution in [0.1, 0.15) is 40.1 Å². The van der Waals surface area contributed by atoms with Crippen molar-refractivity contribution in [3.63, 3.8) is 0 Å². The molecular formula is C31H34F2N4S. The Balaban J connectivity index is 2.10. The summed E-state index contributed by atoms with van der Waals surface area (Å²) in [6.07, 6.45) is 9.07. The van der Waals surface area contributed by atoms with Gasteiger partial charge in [-0.2, -0.15) is 4.39 Å². The molecule has 0 aliphatic rings. The maximum Gasteiger partial charge on any atom is 0.176 e. The maximum absolute atomic E-state index is 15.3. The van der Waals surface area contributed by atoms with Gasteiger partial charge in [-0.25, -0.2) is 9.37 Å². The van der Waals surface area contributed by atoms with Gasteiger partial charge in [0.25, 0.3) is 0 Å². The number of H-pyrrole nitrogens is 1. The van der Waals surface area contributed by atoms with E-state index < -0.39 is 0 Å². The van der Waals surface area contributed by atoms with Crippen LogP contribution < -0.4 is 5.32 Å². The van der Waals surface area contributed by atoms with E-state index in [4.69, 9.17) is 4.98 Å². The number of imidazole rings is 1. The molecule has 198 valence electrons. The molecule has 0 spiro atoms. The molecule has 2 N–H and O–H groups in total. The molecule has 2 aromatic heterocycles. The zero-order valence-electron chi connectivity index (χ0n) is 22.6. The Bertz CT molecular complexity index is 1450. The van der Waals surface area contributed by atoms with Gasteiger partial charge in [-0.3, -0.25) is 0 Å². The summed E-state index contributed by atoms with van der Waals surface area (Å²) in [6.45, 7) is 16.5. The Morgan fingerprint density at radius 3 is 2.47 bits per heavy atom. The minimum absolute atomic E-state index is 0.274. The van der Waals surface area contributed by atoms with E-state index in [1.807, 2.05) is 51.1 Å². The Morgan fingerprint density at radius 2 is 1.92 bits per heavy atom. The first-order chi connectivity index (χ1) is 18.1. The predicted octanol–water partition coefficient (Wildman–Crippen LogP) is 7.86. The summed E-state index contributed by atoms with van der Waals surface area (Å²) >= 11 is 1.05. The molecule has 0 saturated heterocycles. The van der Waals surface area contributed by atoms with Crippen LogP contribution in [0.2, 0.25) is 0 Å². The largest absolute Gasteiger partial charge is 0.388 e. The minimum atomic E-state index is -0.351. The highest BCUT2D eigenvalue weighted by Gasteiger charge is 2.20. The average molecular weight is 533 g/mol. The second kappa shape index (κ2) is 12.6. The molecule has 1 aromatic carbocycles. The Labute approximate surface area is 228 Å². The molecule has 0 bridgehead atoms. The Hall–Kier alpha value is -3.81. The quantitative estimate of drug-likeness (QED) is 0.247. The molecule has 2 heterocycles. The molecule has 0 saturated carbocycles. The van der Waals surface area contributed by atoms with Crippen LogP contribution in [0.5, 0.6) is 0 Å². The van der Waals surface area contributed by atoms with Gasteiger partial charge in [0.15, 0.2) is 5.13 Å². The summed E-state index contributed by atoms with van der Waals surface area (Å²) < 4.78 is 29.1. The van der Waals surface area contributed by atoms with Crippen LogP contribution in [0.4, 0.5) is 14.5 Å². The van der Waals surface area contributed by atoms with Crippen LogP contribution in [0, 0.1) is 17.9 Å². The number of anilines is 1. The molecule has 0 aliphatic heterocycles. The Kier molecular flexibility index (Phi) is 9.55. The number of benzene rings is 1. The van der Waals surface area contributed by atoms with Crippen LogP contribution >= 0.6 is 11.3 Å². The molecule has 0 radical (unpaired) electrons. The lowest BCUT2D eigenvalue weighted by Gasteiger charge is -2.16. The summed E-state index contributed by atoms with van der Waals surface area (Å²) in [4.78, 5) is 10.9. The number of allylic oxidation sites excluding steroid dienone is 5. The number of nitrogens with one attached hydrogen (secondary N) is 2. The van der Waals surface area contributed by atoms with Gasteiger partial charge in [-0.15, -0.1) is 11.3 Å². The number of hydrogen-bond acceptors (Lipinski definition) is 4. The average Bonchev–Trinajstić information content (AvgIpc) is 3.49. The molecule has 7 heteroatoms. The summed E-state index contributed by atoms with van der Waals surface area (Å²) in [5.74, 6) is 0.186. The van der Waals surface area contributed by atoms with Gasteiger partial charge in [-0.05, 0) is 63.4 Å². The van der Waals surface area contributed by atoms with Crippen molar-refractivity contribution in [1.82, 2.24) is 14.9 Å². The molecular weight excluding hydrogens is 498 g/mol. The van der Waals surface area contributed by atoms with Gasteiger partial charge in [0.05, 0.1) is 5.69 Å². The lowest BCUT2D eigenvalue weighted by atomic mass is 9.95. The molecule has 38 heavy (non-hydrogen) atoms. The maximum atomic E-state index is 15.3. The van der Waals surface area contributed by atoms with Crippen molar-refractivity contribution in [3.8, 4) is 0 Å². The van der Waals surface area contributed by atoms with E-state index in [1.165, 1.54) is 12.1 Å². The normalized spacial score (nSPS) is 12.7. The molecule has 0 aliphatic carbocycles. The smallest absolute Gasteiger partial charge is 0.176 e. The van der Waals surface area contributed by atoms with E-state index in [0.29, 0.717) is 40.5 Å². The fourth-order valence-electron chi connectivity index (χ4n) is 4.15. The van der Waals surface area contributed by atoms with Crippen molar-refractivity contribution < 1.29 is 8.78 Å². The van der Waals surface area contributed by atoms with Gasteiger partial charge < -0.3 is 15.2 Å². The summed E-state index contributed by atoms with van der Waals surface area (Å²) in [6, 6.07) is 6.42. The number of aryl methyl sites for hydroxylation is 1. The van der Waals surface area contributed by atoms with Crippen LogP contribution in [0.3, 0.4) is 0 Å². The summed E-state index contributed by atoms with van der Waals surface area (Å²) in [5.41, 5.74) is 6.28. The first-order valence-corrected chi connectivity index (χ1v) is 13.0. The lowest BCUT2D eigenvalue weighted by Crippen LogP contribution is -2.14. The van der Waals surface area contributed by atoms with Crippen LogP contribution in [0.25, 0.3) is 16.7 Å². The van der Waals surface area contributed by atoms with E-state index in [2.05, 4.69) is 30.0 Å². The number of thiophene rings is 1. The predicted molar refractivity (Wildman–Crippen MR) is 159 cm³/mol. The monoisotopic (exact) mass is 532 g/mol. The van der Waals surface area contributed by atoms with Crippen molar-refractivity contribution in [2.45, 2.75) is 13.8 Å². The van der Waals surface area contributed by atoms with Crippen LogP contribution in [0.15, 0.2) is 80.0 Å². The van der Waals surface area contributed by atoms with Gasteiger partial charge in [-0.1, -0.05) is 50.1 Å². The summed E-state index contributed by atoms with van der Waals surface area (Å²) in [7, 11) is 5.69. The van der Waals surface area contributed by atoms with Crippen molar-refractivity contribution in [2.75, 3.05) is 33.0 Å². The third-order valence-corrected chi connectivity index (χ3v) is 6.88. The van der Waals surface area contributed by atoms with Crippen molar-refractivity contribution >= 4 is 33.7 Å². The minimum Gasteiger partial charge on any atom is -0.388 e. The zero-order chi connectivity index (χ0) is 28.0. The number of rotatable bonds is 11. The van der Waals surface area contributed by atoms with Gasteiger partial charge >= 0.3 is 0 Å². The standard InChI is InChI=1S/C31H34F2N4S/c1-9-12-23(28-13-14-29(33)38-28)30-20(5)35-31(36-30)19(4)24-16-25(26(32)17-27(24)34-6)22(11-3)15-21(10-2)18-37(7)8/h9-17,34H,1-2,4,18H2,3,5-8H3,(H,35,36)/b21-15+,22-11+,23-12-. The molecule has 4 nitrogen and oxygen atoms in total. The fourth-order valence-corrected chi connectivity index (χ4v) is 4.91. The van der Waals surface area contributed by atoms with Crippen LogP contribution in [-0.4, -0.2) is 42.6 Å². The zero-order valence-corrected chi connectivity index (χ0v) is 23.4. The molecule has 0 unspecified atom stereocenters. The number of aromatic nitrogens is 2. The van der Waals surface area contributed by atoms with Gasteiger partial charge in [0, 0.05) is 52.1 Å². The summed E-state index contributed by atoms with van der Waals surface area (Å²) in [5, 5.41) is 2.80. The highest BCUT2D eigenvalue weighted by Crippen LogP contribution is 2.35. The first-order valence-electron chi connectivity index (χ1n) is 12.1. The third kappa shape index (κ3) is 6.36. The molecule has 3 rings (SSSR count). The molecule has 0 amide bonds. The topological polar surface area (TPSA) is 44.0 Å². The Morgan fingerprint density at radius 1 is 1.18 bits per heavy atom. The molecule has 3 aromatic rings. The number of hydrogen-bond donors (Lipinski definition) is 2. The van der Waals surface area contributed by atoms with Crippen molar-refractivity contribution in [2.24, 2.45) is 0 Å². The second-order valence-corrected chi connectivity index (χ2v) is 10.0. The number of aromatic amines is 1. The van der Waals surface area contributed by atoms with E-state index in [9.17, 15) is 4.39 Å². The van der Waals surface area contributed by atoms with Gasteiger partial charge in [0.2, 0.25) is 0 Å². The number of halogens is 2. The first kappa shape index (κ1) is 28.8. The fraction of sp³-hybridized carbons (Fsp3) is 0.194. The highest BCUT2D eigenvalue weighted by molar-refractivity contribution is 7.11. The molecule has 0 atom stereocenters. The number of likely N-dealkylation sites (N-methyl/N-ethyl adjacent to an activating group) is 1. The SMILES string of the molecule is C=C/C=C(/c1ccc(F)s1)c1nc(C(=C)c2cc(C(/C=C(\C=C)CN(C)C)=C/C)c(F)cc2NC)[nH]c1C. The second-order valence-electron chi connectivity index (χ2n) is 8.99. The van der Waals surface area contributed by atoms with Crippen molar-refractivity contribution in [1.29, 1.82) is 0 Å². The third-order valence-electron chi connectivity index (χ3n) is 5.97. The van der Waals surface area contributed by atoms with Crippen LogP contribution in [-0.2, 0) is 0 Å². The van der Waals surface area contributed by atoms with E-state index in [1.54, 1.807) is 31.3 Å².